The van der Waals surface area contributed by atoms with Gasteiger partial charge in [0, 0.05) is 25.8 Å². The van der Waals surface area contributed by atoms with Crippen molar-refractivity contribution in [1.82, 2.24) is 10.2 Å². The van der Waals surface area contributed by atoms with Gasteiger partial charge in [-0.15, -0.1) is 11.8 Å². The van der Waals surface area contributed by atoms with Crippen molar-refractivity contribution in [2.45, 2.75) is 135 Å². The quantitative estimate of drug-likeness (QED) is 0.216. The molecule has 4 N–H and O–H groups in total. The van der Waals surface area contributed by atoms with Crippen molar-refractivity contribution in [3.05, 3.63) is 0 Å². The number of aliphatic carboxylic acids is 3. The van der Waals surface area contributed by atoms with Gasteiger partial charge in [0.15, 0.2) is 0 Å². The summed E-state index contributed by atoms with van der Waals surface area (Å²) in [5.74, 6) is 2.13. The molecule has 0 saturated heterocycles. The summed E-state index contributed by atoms with van der Waals surface area (Å²) >= 11 is 0. The summed E-state index contributed by atoms with van der Waals surface area (Å²) in [6, 6.07) is -1.24. The number of hydrogen-bond donors (Lipinski definition) is 4. The molecule has 1 aliphatic rings. The third-order valence-electron chi connectivity index (χ3n) is 7.95. The molecule has 1 unspecified atom stereocenters. The Morgan fingerprint density at radius 2 is 1.25 bits per heavy atom. The van der Waals surface area contributed by atoms with Crippen LogP contribution < -0.4 is 5.32 Å². The van der Waals surface area contributed by atoms with Gasteiger partial charge >= 0.3 is 17.9 Å². The fourth-order valence-electron chi connectivity index (χ4n) is 5.70. The van der Waals surface area contributed by atoms with E-state index in [9.17, 15) is 34.5 Å². The highest BCUT2D eigenvalue weighted by molar-refractivity contribution is 5.78. The molecule has 0 aliphatic heterocycles. The predicted octanol–water partition coefficient (Wildman–Crippen LogP) is 5.46. The fraction of sp³-hybridized carbons (Fsp3) is 0.806. The molecule has 9 heteroatoms. The van der Waals surface area contributed by atoms with Gasteiger partial charge in [-0.1, -0.05) is 84.0 Å². The zero-order chi connectivity index (χ0) is 29.6. The first-order chi connectivity index (χ1) is 19.2. The Kier molecular flexibility index (Phi) is 18.8. The maximum atomic E-state index is 12.7. The van der Waals surface area contributed by atoms with Crippen LogP contribution in [-0.4, -0.2) is 69.7 Å². The number of carbonyl (C=O) groups excluding carboxylic acids is 1. The lowest BCUT2D eigenvalue weighted by molar-refractivity contribution is -0.149. The summed E-state index contributed by atoms with van der Waals surface area (Å²) in [4.78, 5) is 48.7. The number of nitrogens with zero attached hydrogens (tertiary/aromatic N) is 1. The zero-order valence-electron chi connectivity index (χ0n) is 24.6. The Hall–Kier alpha value is -2.60. The van der Waals surface area contributed by atoms with Crippen LogP contribution in [0.4, 0.5) is 0 Å². The molecule has 0 radical (unpaired) electrons. The minimum absolute atomic E-state index is 0.0752. The molecule has 1 fully saturated rings. The van der Waals surface area contributed by atoms with Gasteiger partial charge in [-0.3, -0.25) is 24.1 Å². The molecule has 9 nitrogen and oxygen atoms in total. The van der Waals surface area contributed by atoms with Gasteiger partial charge in [-0.2, -0.15) is 0 Å². The van der Waals surface area contributed by atoms with Crippen LogP contribution in [0.2, 0.25) is 0 Å². The first-order valence-corrected chi connectivity index (χ1v) is 15.3. The van der Waals surface area contributed by atoms with Gasteiger partial charge in [0.1, 0.15) is 6.04 Å². The molecule has 0 aromatic heterocycles. The first-order valence-electron chi connectivity index (χ1n) is 15.3. The normalized spacial score (nSPS) is 17.9. The Labute approximate surface area is 240 Å². The maximum Gasteiger partial charge on any atom is 0.320 e. The minimum atomic E-state index is -1.27. The van der Waals surface area contributed by atoms with Crippen LogP contribution in [0.1, 0.15) is 129 Å². The van der Waals surface area contributed by atoms with Crippen LogP contribution in [-0.2, 0) is 19.2 Å². The van der Waals surface area contributed by atoms with Gasteiger partial charge in [-0.25, -0.2) is 0 Å². The van der Waals surface area contributed by atoms with E-state index in [-0.39, 0.29) is 17.7 Å². The summed E-state index contributed by atoms with van der Waals surface area (Å²) in [6.07, 6.45) is 17.7. The van der Waals surface area contributed by atoms with E-state index in [0.717, 1.165) is 62.7 Å². The summed E-state index contributed by atoms with van der Waals surface area (Å²) in [7, 11) is 0. The van der Waals surface area contributed by atoms with Crippen molar-refractivity contribution < 1.29 is 34.5 Å². The van der Waals surface area contributed by atoms with E-state index < -0.39 is 37.0 Å². The summed E-state index contributed by atoms with van der Waals surface area (Å²) in [5, 5.41) is 31.7. The van der Waals surface area contributed by atoms with Gasteiger partial charge < -0.3 is 20.6 Å². The van der Waals surface area contributed by atoms with Gasteiger partial charge in [-0.05, 0) is 31.1 Å². The molecule has 0 heterocycles. The Bertz CT molecular complexity index is 801. The van der Waals surface area contributed by atoms with Gasteiger partial charge in [0.25, 0.3) is 0 Å². The zero-order valence-corrected chi connectivity index (χ0v) is 24.6. The lowest BCUT2D eigenvalue weighted by Gasteiger charge is -2.37. The average molecular weight is 565 g/mol. The number of amides is 1. The number of rotatable bonds is 13. The predicted molar refractivity (Wildman–Crippen MR) is 155 cm³/mol. The molecule has 1 atom stereocenters. The van der Waals surface area contributed by atoms with Crippen LogP contribution in [0.25, 0.3) is 0 Å². The number of nitrogens with one attached hydrogen (secondary N) is 1. The standard InChI is InChI=1S/C31H52N2O7/c1-2-3-4-15-18-27(34)32-25-31(20-16-13-11-9-7-5-6-8-10-12-14-17-21-31)22-19-26(30(39)40)33(23-28(35)36)24-29(37)38/h26H,2,5-25H2,1H3,(H,32,34)(H,35,36)(H,37,38)(H,39,40). The molecule has 0 aromatic rings. The van der Waals surface area contributed by atoms with E-state index in [1.54, 1.807) is 0 Å². The second-order valence-corrected chi connectivity index (χ2v) is 11.3. The average Bonchev–Trinajstić information content (AvgIpc) is 2.89. The van der Waals surface area contributed by atoms with Crippen LogP contribution in [0.3, 0.4) is 0 Å². The molecule has 0 aromatic carbocycles. The smallest absolute Gasteiger partial charge is 0.320 e. The van der Waals surface area contributed by atoms with Crippen LogP contribution in [0.15, 0.2) is 0 Å². The van der Waals surface area contributed by atoms with E-state index in [2.05, 4.69) is 17.2 Å². The molecular weight excluding hydrogens is 512 g/mol. The highest BCUT2D eigenvalue weighted by Gasteiger charge is 2.35. The van der Waals surface area contributed by atoms with Crippen molar-refractivity contribution in [2.24, 2.45) is 5.41 Å². The number of carbonyl (C=O) groups is 4. The molecule has 1 aliphatic carbocycles. The molecular formula is C31H52N2O7. The van der Waals surface area contributed by atoms with Crippen molar-refractivity contribution in [3.8, 4) is 11.8 Å². The molecule has 1 rings (SSSR count). The largest absolute Gasteiger partial charge is 0.480 e. The van der Waals surface area contributed by atoms with E-state index >= 15 is 0 Å². The van der Waals surface area contributed by atoms with Crippen molar-refractivity contribution >= 4 is 23.8 Å². The minimum Gasteiger partial charge on any atom is -0.480 e. The number of carboxylic acid groups (broad SMARTS) is 3. The lowest BCUT2D eigenvalue weighted by Crippen LogP contribution is -2.47. The topological polar surface area (TPSA) is 144 Å². The van der Waals surface area contributed by atoms with E-state index in [1.165, 1.54) is 38.5 Å². The lowest BCUT2D eigenvalue weighted by atomic mass is 9.73. The third kappa shape index (κ3) is 16.5. The molecule has 1 amide bonds. The van der Waals surface area contributed by atoms with E-state index in [4.69, 9.17) is 0 Å². The fourth-order valence-corrected chi connectivity index (χ4v) is 5.70. The number of carboxylic acids is 3. The Morgan fingerprint density at radius 3 is 1.68 bits per heavy atom. The SMILES string of the molecule is CCC#CCCC(=O)NCC1(CCC(C(=O)O)N(CC(=O)O)CC(=O)O)CCCCCCCCCCCCCC1. The maximum absolute atomic E-state index is 12.7. The third-order valence-corrected chi connectivity index (χ3v) is 7.95. The molecule has 40 heavy (non-hydrogen) atoms. The second kappa shape index (κ2) is 21.2. The molecule has 1 saturated carbocycles. The Balaban J connectivity index is 3.12. The summed E-state index contributed by atoms with van der Waals surface area (Å²) in [5.41, 5.74) is -0.337. The Morgan fingerprint density at radius 1 is 0.775 bits per heavy atom. The van der Waals surface area contributed by atoms with Crippen LogP contribution in [0, 0.1) is 17.3 Å². The monoisotopic (exact) mass is 564 g/mol. The van der Waals surface area contributed by atoms with Gasteiger partial charge in [0.05, 0.1) is 13.1 Å². The van der Waals surface area contributed by atoms with E-state index in [0.29, 0.717) is 25.8 Å². The highest BCUT2D eigenvalue weighted by atomic mass is 16.4. The molecule has 0 spiro atoms. The number of hydrogen-bond acceptors (Lipinski definition) is 5. The van der Waals surface area contributed by atoms with Crippen LogP contribution >= 0.6 is 0 Å². The van der Waals surface area contributed by atoms with Crippen molar-refractivity contribution in [1.29, 1.82) is 0 Å². The second-order valence-electron chi connectivity index (χ2n) is 11.3. The first kappa shape index (κ1) is 35.4. The van der Waals surface area contributed by atoms with Crippen LogP contribution in [0.5, 0.6) is 0 Å². The van der Waals surface area contributed by atoms with Gasteiger partial charge in [0.2, 0.25) is 5.91 Å². The summed E-state index contributed by atoms with van der Waals surface area (Å²) < 4.78 is 0. The molecule has 0 bridgehead atoms. The van der Waals surface area contributed by atoms with Crippen molar-refractivity contribution in [2.75, 3.05) is 19.6 Å². The highest BCUT2D eigenvalue weighted by Crippen LogP contribution is 2.37. The molecule has 228 valence electrons. The van der Waals surface area contributed by atoms with E-state index in [1.807, 2.05) is 6.92 Å². The van der Waals surface area contributed by atoms with Crippen molar-refractivity contribution in [3.63, 3.8) is 0 Å². The summed E-state index contributed by atoms with van der Waals surface area (Å²) in [6.45, 7) is 1.07.